The topological polar surface area (TPSA) is 86.1 Å². The summed E-state index contributed by atoms with van der Waals surface area (Å²) in [5, 5.41) is 3.93. The van der Waals surface area contributed by atoms with Gasteiger partial charge in [-0.3, -0.25) is 4.72 Å². The summed E-state index contributed by atoms with van der Waals surface area (Å²) in [5.74, 6) is -0.634. The molecule has 2 aromatic carbocycles. The first-order valence-corrected chi connectivity index (χ1v) is 8.56. The molecule has 0 aliphatic carbocycles. The average Bonchev–Trinajstić information content (AvgIpc) is 3.08. The number of ether oxygens (including phenoxy) is 1. The molecule has 0 aliphatic heterocycles. The van der Waals surface area contributed by atoms with Gasteiger partial charge < -0.3 is 4.74 Å². The SMILES string of the molecule is O=S(=O)(Nc1ccccc1-n1cncn1)c1cccc(OC(F)(F)F)c1. The van der Waals surface area contributed by atoms with Crippen molar-refractivity contribution < 1.29 is 26.3 Å². The highest BCUT2D eigenvalue weighted by atomic mass is 32.2. The molecule has 0 saturated carbocycles. The molecule has 3 rings (SSSR count). The number of nitrogens with one attached hydrogen (secondary N) is 1. The van der Waals surface area contributed by atoms with Crippen molar-refractivity contribution in [1.82, 2.24) is 14.8 Å². The van der Waals surface area contributed by atoms with Crippen LogP contribution in [-0.2, 0) is 10.0 Å². The lowest BCUT2D eigenvalue weighted by Crippen LogP contribution is -2.18. The summed E-state index contributed by atoms with van der Waals surface area (Å²) in [6.07, 6.45) is -2.26. The largest absolute Gasteiger partial charge is 0.573 e. The maximum absolute atomic E-state index is 12.5. The van der Waals surface area contributed by atoms with Gasteiger partial charge in [-0.1, -0.05) is 18.2 Å². The molecule has 0 saturated heterocycles. The van der Waals surface area contributed by atoms with Crippen molar-refractivity contribution in [2.45, 2.75) is 11.3 Å². The Morgan fingerprint density at radius 1 is 1.08 bits per heavy atom. The van der Waals surface area contributed by atoms with Crippen LogP contribution in [0.25, 0.3) is 5.69 Å². The molecule has 11 heteroatoms. The summed E-state index contributed by atoms with van der Waals surface area (Å²) in [4.78, 5) is 3.41. The number of halogens is 3. The number of aromatic nitrogens is 3. The highest BCUT2D eigenvalue weighted by Crippen LogP contribution is 2.27. The highest BCUT2D eigenvalue weighted by molar-refractivity contribution is 7.92. The predicted octanol–water partition coefficient (Wildman–Crippen LogP) is 2.97. The lowest BCUT2D eigenvalue weighted by molar-refractivity contribution is -0.274. The van der Waals surface area contributed by atoms with E-state index in [1.54, 1.807) is 18.2 Å². The highest BCUT2D eigenvalue weighted by Gasteiger charge is 2.31. The second-order valence-corrected chi connectivity index (χ2v) is 6.67. The summed E-state index contributed by atoms with van der Waals surface area (Å²) in [5.41, 5.74) is 0.580. The Balaban J connectivity index is 1.93. The lowest BCUT2D eigenvalue weighted by Gasteiger charge is -2.13. The molecule has 1 N–H and O–H groups in total. The van der Waals surface area contributed by atoms with Gasteiger partial charge in [-0.2, -0.15) is 5.10 Å². The summed E-state index contributed by atoms with van der Waals surface area (Å²) < 4.78 is 69.5. The fourth-order valence-electron chi connectivity index (χ4n) is 2.13. The van der Waals surface area contributed by atoms with E-state index in [-0.39, 0.29) is 10.6 Å². The standard InChI is InChI=1S/C15H11F3N4O3S/c16-15(17,18)25-11-4-3-5-12(8-11)26(23,24)21-13-6-1-2-7-14(13)22-10-19-9-20-22/h1-10,21H. The van der Waals surface area contributed by atoms with Crippen LogP contribution in [0.1, 0.15) is 0 Å². The molecule has 3 aromatic rings. The molecular formula is C15H11F3N4O3S. The Labute approximate surface area is 146 Å². The van der Waals surface area contributed by atoms with E-state index < -0.39 is 22.1 Å². The number of anilines is 1. The maximum Gasteiger partial charge on any atom is 0.573 e. The van der Waals surface area contributed by atoms with Crippen molar-refractivity contribution in [1.29, 1.82) is 0 Å². The van der Waals surface area contributed by atoms with Crippen LogP contribution in [0.5, 0.6) is 5.75 Å². The molecule has 1 heterocycles. The number of benzene rings is 2. The van der Waals surface area contributed by atoms with E-state index in [9.17, 15) is 21.6 Å². The first-order chi connectivity index (χ1) is 12.2. The number of alkyl halides is 3. The van der Waals surface area contributed by atoms with Crippen LogP contribution < -0.4 is 9.46 Å². The molecule has 0 unspecified atom stereocenters. The third-order valence-corrected chi connectivity index (χ3v) is 4.53. The molecule has 0 bridgehead atoms. The molecule has 0 radical (unpaired) electrons. The van der Waals surface area contributed by atoms with Gasteiger partial charge in [0.25, 0.3) is 10.0 Å². The van der Waals surface area contributed by atoms with Gasteiger partial charge in [-0.25, -0.2) is 18.1 Å². The third kappa shape index (κ3) is 4.11. The van der Waals surface area contributed by atoms with Gasteiger partial charge in [0, 0.05) is 6.07 Å². The van der Waals surface area contributed by atoms with Gasteiger partial charge in [0.15, 0.2) is 0 Å². The summed E-state index contributed by atoms with van der Waals surface area (Å²) in [6.45, 7) is 0. The van der Waals surface area contributed by atoms with E-state index in [0.29, 0.717) is 5.69 Å². The van der Waals surface area contributed by atoms with E-state index >= 15 is 0 Å². The van der Waals surface area contributed by atoms with E-state index in [1.165, 1.54) is 23.4 Å². The summed E-state index contributed by atoms with van der Waals surface area (Å²) in [6, 6.07) is 10.5. The van der Waals surface area contributed by atoms with Gasteiger partial charge in [-0.15, -0.1) is 13.2 Å². The van der Waals surface area contributed by atoms with E-state index in [2.05, 4.69) is 19.5 Å². The quantitative estimate of drug-likeness (QED) is 0.731. The maximum atomic E-state index is 12.5. The van der Waals surface area contributed by atoms with Crippen molar-refractivity contribution in [2.24, 2.45) is 0 Å². The molecule has 7 nitrogen and oxygen atoms in total. The van der Waals surface area contributed by atoms with Gasteiger partial charge >= 0.3 is 6.36 Å². The molecule has 1 aromatic heterocycles. The zero-order chi connectivity index (χ0) is 18.8. The van der Waals surface area contributed by atoms with E-state index in [0.717, 1.165) is 24.3 Å². The smallest absolute Gasteiger partial charge is 0.406 e. The molecular weight excluding hydrogens is 373 g/mol. The molecule has 0 spiro atoms. The number of sulfonamides is 1. The number of hydrogen-bond donors (Lipinski definition) is 1. The minimum atomic E-state index is -4.92. The Morgan fingerprint density at radius 3 is 2.54 bits per heavy atom. The van der Waals surface area contributed by atoms with Gasteiger partial charge in [0.2, 0.25) is 0 Å². The van der Waals surface area contributed by atoms with E-state index in [4.69, 9.17) is 0 Å². The van der Waals surface area contributed by atoms with Crippen molar-refractivity contribution in [2.75, 3.05) is 4.72 Å². The van der Waals surface area contributed by atoms with Crippen molar-refractivity contribution >= 4 is 15.7 Å². The van der Waals surface area contributed by atoms with Crippen molar-refractivity contribution in [3.63, 3.8) is 0 Å². The first kappa shape index (κ1) is 17.7. The van der Waals surface area contributed by atoms with Gasteiger partial charge in [0.05, 0.1) is 16.3 Å². The second-order valence-electron chi connectivity index (χ2n) is 4.99. The number of nitrogens with zero attached hydrogens (tertiary/aromatic N) is 3. The Bertz CT molecular complexity index is 1000. The molecule has 0 fully saturated rings. The lowest BCUT2D eigenvalue weighted by atomic mass is 10.3. The van der Waals surface area contributed by atoms with Crippen LogP contribution in [0, 0.1) is 0 Å². The van der Waals surface area contributed by atoms with Crippen LogP contribution >= 0.6 is 0 Å². The molecule has 26 heavy (non-hydrogen) atoms. The van der Waals surface area contributed by atoms with Crippen LogP contribution in [-0.4, -0.2) is 29.5 Å². The van der Waals surface area contributed by atoms with E-state index in [1.807, 2.05) is 0 Å². The second kappa shape index (κ2) is 6.67. The first-order valence-electron chi connectivity index (χ1n) is 7.07. The fraction of sp³-hybridized carbons (Fsp3) is 0.0667. The van der Waals surface area contributed by atoms with Gasteiger partial charge in [0.1, 0.15) is 18.4 Å². The minimum Gasteiger partial charge on any atom is -0.406 e. The fourth-order valence-corrected chi connectivity index (χ4v) is 3.24. The van der Waals surface area contributed by atoms with Crippen LogP contribution in [0.4, 0.5) is 18.9 Å². The Kier molecular flexibility index (Phi) is 4.55. The van der Waals surface area contributed by atoms with Crippen LogP contribution in [0.3, 0.4) is 0 Å². The minimum absolute atomic E-state index is 0.181. The predicted molar refractivity (Wildman–Crippen MR) is 85.3 cm³/mol. The molecule has 136 valence electrons. The van der Waals surface area contributed by atoms with Crippen LogP contribution in [0.15, 0.2) is 66.1 Å². The number of para-hydroxylation sites is 2. The van der Waals surface area contributed by atoms with Crippen molar-refractivity contribution in [3.05, 3.63) is 61.2 Å². The van der Waals surface area contributed by atoms with Crippen molar-refractivity contribution in [3.8, 4) is 11.4 Å². The van der Waals surface area contributed by atoms with Gasteiger partial charge in [-0.05, 0) is 24.3 Å². The molecule has 0 amide bonds. The third-order valence-electron chi connectivity index (χ3n) is 3.16. The monoisotopic (exact) mass is 384 g/mol. The summed E-state index contributed by atoms with van der Waals surface area (Å²) >= 11 is 0. The van der Waals surface area contributed by atoms with Crippen LogP contribution in [0.2, 0.25) is 0 Å². The average molecular weight is 384 g/mol. The zero-order valence-electron chi connectivity index (χ0n) is 12.9. The normalized spacial score (nSPS) is 12.0. The number of rotatable bonds is 5. The number of hydrogen-bond acceptors (Lipinski definition) is 5. The Hall–Kier alpha value is -3.08. The Morgan fingerprint density at radius 2 is 1.85 bits per heavy atom. The molecule has 0 aliphatic rings. The molecule has 0 atom stereocenters. The zero-order valence-corrected chi connectivity index (χ0v) is 13.7. The summed E-state index contributed by atoms with van der Waals surface area (Å²) in [7, 11) is -4.16.